The molecule has 1 atom stereocenters. The number of para-hydroxylation sites is 1. The molecule has 1 unspecified atom stereocenters. The van der Waals surface area contributed by atoms with E-state index in [1.165, 1.54) is 5.56 Å². The number of fused-ring (bicyclic) bond motifs is 1. The molecule has 2 aromatic carbocycles. The van der Waals surface area contributed by atoms with Gasteiger partial charge in [0.1, 0.15) is 0 Å². The van der Waals surface area contributed by atoms with Gasteiger partial charge in [0.05, 0.1) is 17.3 Å². The Hall–Kier alpha value is -2.13. The lowest BCUT2D eigenvalue weighted by atomic mass is 9.99. The third-order valence-electron chi connectivity index (χ3n) is 3.96. The number of hydrogen-bond acceptors (Lipinski definition) is 2. The van der Waals surface area contributed by atoms with Gasteiger partial charge in [-0.05, 0) is 23.6 Å². The zero-order chi connectivity index (χ0) is 14.8. The minimum absolute atomic E-state index is 0.188. The van der Waals surface area contributed by atoms with Crippen molar-refractivity contribution in [3.8, 4) is 0 Å². The average molecular weight is 279 g/mol. The molecule has 0 fully saturated rings. The van der Waals surface area contributed by atoms with Gasteiger partial charge in [-0.3, -0.25) is 4.68 Å². The Morgan fingerprint density at radius 2 is 1.81 bits per heavy atom. The second-order valence-corrected chi connectivity index (χ2v) is 5.50. The van der Waals surface area contributed by atoms with Gasteiger partial charge in [0.2, 0.25) is 0 Å². The molecule has 0 bridgehead atoms. The maximum atomic E-state index is 6.44. The van der Waals surface area contributed by atoms with E-state index in [2.05, 4.69) is 48.4 Å². The van der Waals surface area contributed by atoms with Crippen LogP contribution in [0.25, 0.3) is 10.9 Å². The van der Waals surface area contributed by atoms with Gasteiger partial charge >= 0.3 is 0 Å². The van der Waals surface area contributed by atoms with E-state index >= 15 is 0 Å². The quantitative estimate of drug-likeness (QED) is 0.793. The number of hydrogen-bond donors (Lipinski definition) is 1. The summed E-state index contributed by atoms with van der Waals surface area (Å²) in [6.07, 6.45) is 2.28. The highest BCUT2D eigenvalue weighted by atomic mass is 15.3. The topological polar surface area (TPSA) is 43.8 Å². The van der Waals surface area contributed by atoms with Crippen molar-refractivity contribution in [3.05, 3.63) is 65.4 Å². The number of nitrogens with two attached hydrogens (primary N) is 1. The first-order chi connectivity index (χ1) is 10.2. The van der Waals surface area contributed by atoms with E-state index in [1.807, 2.05) is 23.9 Å². The monoisotopic (exact) mass is 279 g/mol. The van der Waals surface area contributed by atoms with Crippen LogP contribution in [-0.2, 0) is 13.5 Å². The summed E-state index contributed by atoms with van der Waals surface area (Å²) in [6, 6.07) is 16.6. The van der Waals surface area contributed by atoms with Crippen LogP contribution in [0.1, 0.15) is 36.2 Å². The Morgan fingerprint density at radius 3 is 2.52 bits per heavy atom. The van der Waals surface area contributed by atoms with Crippen molar-refractivity contribution < 1.29 is 0 Å². The summed E-state index contributed by atoms with van der Waals surface area (Å²) in [4.78, 5) is 0. The van der Waals surface area contributed by atoms with E-state index < -0.39 is 0 Å². The number of aromatic nitrogens is 2. The standard InChI is InChI=1S/C18H21N3/c1-3-6-13-9-11-14(12-10-13)17(19)18-15-7-4-5-8-16(15)21(2)20-18/h4-5,7-12,17H,3,6,19H2,1-2H3. The first-order valence-corrected chi connectivity index (χ1v) is 7.46. The van der Waals surface area contributed by atoms with E-state index in [9.17, 15) is 0 Å². The molecule has 0 aliphatic heterocycles. The van der Waals surface area contributed by atoms with Crippen LogP contribution in [0.4, 0.5) is 0 Å². The van der Waals surface area contributed by atoms with E-state index in [-0.39, 0.29) is 6.04 Å². The molecule has 1 heterocycles. The molecule has 0 saturated carbocycles. The zero-order valence-corrected chi connectivity index (χ0v) is 12.6. The lowest BCUT2D eigenvalue weighted by Gasteiger charge is -2.11. The predicted molar refractivity (Wildman–Crippen MR) is 87.2 cm³/mol. The Labute approximate surface area is 125 Å². The zero-order valence-electron chi connectivity index (χ0n) is 12.6. The Morgan fingerprint density at radius 1 is 1.10 bits per heavy atom. The van der Waals surface area contributed by atoms with Crippen molar-refractivity contribution >= 4 is 10.9 Å². The van der Waals surface area contributed by atoms with Crippen LogP contribution in [0, 0.1) is 0 Å². The van der Waals surface area contributed by atoms with Crippen LogP contribution in [0.15, 0.2) is 48.5 Å². The molecule has 108 valence electrons. The van der Waals surface area contributed by atoms with Crippen molar-refractivity contribution in [1.29, 1.82) is 0 Å². The Bertz CT molecular complexity index is 741. The Kier molecular flexibility index (Phi) is 3.76. The molecule has 0 aliphatic rings. The number of aryl methyl sites for hydroxylation is 2. The van der Waals surface area contributed by atoms with Crippen LogP contribution in [0.2, 0.25) is 0 Å². The number of nitrogens with zero attached hydrogens (tertiary/aromatic N) is 2. The van der Waals surface area contributed by atoms with Gasteiger partial charge in [0.15, 0.2) is 0 Å². The van der Waals surface area contributed by atoms with Gasteiger partial charge < -0.3 is 5.73 Å². The summed E-state index contributed by atoms with van der Waals surface area (Å²) in [5.41, 5.74) is 11.0. The van der Waals surface area contributed by atoms with Crippen LogP contribution in [-0.4, -0.2) is 9.78 Å². The molecule has 3 rings (SSSR count). The molecule has 21 heavy (non-hydrogen) atoms. The van der Waals surface area contributed by atoms with Crippen LogP contribution in [0.3, 0.4) is 0 Å². The number of rotatable bonds is 4. The smallest absolute Gasteiger partial charge is 0.0915 e. The minimum Gasteiger partial charge on any atom is -0.319 e. The van der Waals surface area contributed by atoms with E-state index in [4.69, 9.17) is 5.73 Å². The molecule has 0 saturated heterocycles. The molecular formula is C18H21N3. The highest BCUT2D eigenvalue weighted by Crippen LogP contribution is 2.26. The molecular weight excluding hydrogens is 258 g/mol. The normalized spacial score (nSPS) is 12.7. The number of benzene rings is 2. The first-order valence-electron chi connectivity index (χ1n) is 7.46. The van der Waals surface area contributed by atoms with Crippen molar-refractivity contribution in [2.75, 3.05) is 0 Å². The van der Waals surface area contributed by atoms with Gasteiger partial charge in [-0.15, -0.1) is 0 Å². The summed E-state index contributed by atoms with van der Waals surface area (Å²) in [5.74, 6) is 0. The van der Waals surface area contributed by atoms with Gasteiger partial charge in [0, 0.05) is 12.4 Å². The lowest BCUT2D eigenvalue weighted by Crippen LogP contribution is -2.13. The fourth-order valence-electron chi connectivity index (χ4n) is 2.81. The molecule has 0 radical (unpaired) electrons. The first kappa shape index (κ1) is 13.8. The minimum atomic E-state index is -0.188. The molecule has 3 nitrogen and oxygen atoms in total. The van der Waals surface area contributed by atoms with Gasteiger partial charge in [-0.2, -0.15) is 5.10 Å². The molecule has 2 N–H and O–H groups in total. The van der Waals surface area contributed by atoms with E-state index in [1.54, 1.807) is 0 Å². The molecule has 1 aromatic heterocycles. The van der Waals surface area contributed by atoms with Crippen LogP contribution < -0.4 is 5.73 Å². The third kappa shape index (κ3) is 2.57. The summed E-state index contributed by atoms with van der Waals surface area (Å²) < 4.78 is 1.90. The van der Waals surface area contributed by atoms with Gasteiger partial charge in [-0.1, -0.05) is 55.8 Å². The molecule has 3 aromatic rings. The van der Waals surface area contributed by atoms with Crippen molar-refractivity contribution in [2.24, 2.45) is 12.8 Å². The largest absolute Gasteiger partial charge is 0.319 e. The predicted octanol–water partition coefficient (Wildman–Crippen LogP) is 3.57. The fraction of sp³-hybridized carbons (Fsp3) is 0.278. The van der Waals surface area contributed by atoms with Gasteiger partial charge in [-0.25, -0.2) is 0 Å². The Balaban J connectivity index is 1.98. The fourth-order valence-corrected chi connectivity index (χ4v) is 2.81. The van der Waals surface area contributed by atoms with E-state index in [0.29, 0.717) is 0 Å². The summed E-state index contributed by atoms with van der Waals surface area (Å²) >= 11 is 0. The van der Waals surface area contributed by atoms with Crippen molar-refractivity contribution in [1.82, 2.24) is 9.78 Å². The maximum absolute atomic E-state index is 6.44. The SMILES string of the molecule is CCCc1ccc(C(N)c2nn(C)c3ccccc23)cc1. The highest BCUT2D eigenvalue weighted by molar-refractivity contribution is 5.82. The summed E-state index contributed by atoms with van der Waals surface area (Å²) in [5, 5.41) is 5.75. The molecule has 3 heteroatoms. The second kappa shape index (κ2) is 5.70. The third-order valence-corrected chi connectivity index (χ3v) is 3.96. The van der Waals surface area contributed by atoms with Gasteiger partial charge in [0.25, 0.3) is 0 Å². The van der Waals surface area contributed by atoms with E-state index in [0.717, 1.165) is 35.0 Å². The van der Waals surface area contributed by atoms with Crippen molar-refractivity contribution in [2.45, 2.75) is 25.8 Å². The summed E-state index contributed by atoms with van der Waals surface area (Å²) in [7, 11) is 1.96. The molecule has 0 aliphatic carbocycles. The molecule has 0 spiro atoms. The lowest BCUT2D eigenvalue weighted by molar-refractivity contribution is 0.732. The van der Waals surface area contributed by atoms with Crippen LogP contribution >= 0.6 is 0 Å². The maximum Gasteiger partial charge on any atom is 0.0915 e. The van der Waals surface area contributed by atoms with Crippen LogP contribution in [0.5, 0.6) is 0 Å². The highest BCUT2D eigenvalue weighted by Gasteiger charge is 2.16. The summed E-state index contributed by atoms with van der Waals surface area (Å²) in [6.45, 7) is 2.19. The molecule has 0 amide bonds. The van der Waals surface area contributed by atoms with Crippen molar-refractivity contribution in [3.63, 3.8) is 0 Å². The second-order valence-electron chi connectivity index (χ2n) is 5.50. The average Bonchev–Trinajstić information content (AvgIpc) is 2.85.